The van der Waals surface area contributed by atoms with Gasteiger partial charge in [-0.15, -0.1) is 0 Å². The lowest BCUT2D eigenvalue weighted by molar-refractivity contribution is 0.0697. The SMILES string of the molecule is CCc1nc(Oc2ccc(C(=O)O)cc2C)cc(=O)[nH]1. The summed E-state index contributed by atoms with van der Waals surface area (Å²) in [6.07, 6.45) is 0.587. The zero-order valence-corrected chi connectivity index (χ0v) is 11.1. The molecule has 1 aromatic carbocycles. The van der Waals surface area contributed by atoms with Crippen molar-refractivity contribution in [2.75, 3.05) is 0 Å². The van der Waals surface area contributed by atoms with Crippen LogP contribution >= 0.6 is 0 Å². The summed E-state index contributed by atoms with van der Waals surface area (Å²) in [6.45, 7) is 3.60. The maximum Gasteiger partial charge on any atom is 0.335 e. The average Bonchev–Trinajstić information content (AvgIpc) is 2.40. The van der Waals surface area contributed by atoms with Gasteiger partial charge in [-0.05, 0) is 30.7 Å². The van der Waals surface area contributed by atoms with Crippen molar-refractivity contribution < 1.29 is 14.6 Å². The smallest absolute Gasteiger partial charge is 0.335 e. The van der Waals surface area contributed by atoms with Gasteiger partial charge in [-0.2, -0.15) is 4.98 Å². The normalized spacial score (nSPS) is 10.3. The highest BCUT2D eigenvalue weighted by Gasteiger charge is 2.09. The Labute approximate surface area is 115 Å². The van der Waals surface area contributed by atoms with Crippen LogP contribution in [0.3, 0.4) is 0 Å². The number of hydrogen-bond acceptors (Lipinski definition) is 4. The van der Waals surface area contributed by atoms with Crippen molar-refractivity contribution in [3.05, 3.63) is 51.6 Å². The maximum absolute atomic E-state index is 11.4. The van der Waals surface area contributed by atoms with E-state index in [1.165, 1.54) is 18.2 Å². The fraction of sp³-hybridized carbons (Fsp3) is 0.214. The summed E-state index contributed by atoms with van der Waals surface area (Å²) < 4.78 is 5.54. The van der Waals surface area contributed by atoms with E-state index in [0.29, 0.717) is 23.6 Å². The molecule has 0 aliphatic heterocycles. The number of nitrogens with one attached hydrogen (secondary N) is 1. The zero-order chi connectivity index (χ0) is 14.7. The summed E-state index contributed by atoms with van der Waals surface area (Å²) in [5.41, 5.74) is 0.555. The van der Waals surface area contributed by atoms with Gasteiger partial charge < -0.3 is 14.8 Å². The van der Waals surface area contributed by atoms with Gasteiger partial charge in [0.25, 0.3) is 5.56 Å². The minimum atomic E-state index is -0.998. The molecular weight excluding hydrogens is 260 g/mol. The first-order valence-electron chi connectivity index (χ1n) is 6.11. The molecule has 0 aliphatic carbocycles. The molecule has 0 unspecified atom stereocenters. The van der Waals surface area contributed by atoms with E-state index in [9.17, 15) is 9.59 Å². The zero-order valence-electron chi connectivity index (χ0n) is 11.1. The van der Waals surface area contributed by atoms with Crippen LogP contribution in [0, 0.1) is 6.92 Å². The number of aromatic carboxylic acids is 1. The van der Waals surface area contributed by atoms with Crippen molar-refractivity contribution in [1.29, 1.82) is 0 Å². The van der Waals surface area contributed by atoms with Gasteiger partial charge in [0.05, 0.1) is 11.6 Å². The van der Waals surface area contributed by atoms with Crippen LogP contribution in [0.1, 0.15) is 28.7 Å². The first-order chi connectivity index (χ1) is 9.49. The van der Waals surface area contributed by atoms with E-state index < -0.39 is 5.97 Å². The molecule has 0 aliphatic rings. The van der Waals surface area contributed by atoms with E-state index in [1.807, 2.05) is 6.92 Å². The van der Waals surface area contributed by atoms with Crippen molar-refractivity contribution in [3.8, 4) is 11.6 Å². The summed E-state index contributed by atoms with van der Waals surface area (Å²) in [4.78, 5) is 29.0. The van der Waals surface area contributed by atoms with Crippen molar-refractivity contribution in [2.45, 2.75) is 20.3 Å². The Hall–Kier alpha value is -2.63. The number of aromatic nitrogens is 2. The molecule has 0 spiro atoms. The van der Waals surface area contributed by atoms with Crippen LogP contribution in [0.25, 0.3) is 0 Å². The third kappa shape index (κ3) is 3.03. The van der Waals surface area contributed by atoms with E-state index in [4.69, 9.17) is 9.84 Å². The van der Waals surface area contributed by atoms with Crippen LogP contribution < -0.4 is 10.3 Å². The number of carboxylic acids is 1. The van der Waals surface area contributed by atoms with E-state index >= 15 is 0 Å². The average molecular weight is 274 g/mol. The Kier molecular flexibility index (Phi) is 3.84. The predicted octanol–water partition coefficient (Wildman–Crippen LogP) is 2.13. The third-order valence-electron chi connectivity index (χ3n) is 2.74. The maximum atomic E-state index is 11.4. The highest BCUT2D eigenvalue weighted by atomic mass is 16.5. The van der Waals surface area contributed by atoms with Gasteiger partial charge in [0.2, 0.25) is 5.88 Å². The molecule has 20 heavy (non-hydrogen) atoms. The predicted molar refractivity (Wildman–Crippen MR) is 72.4 cm³/mol. The molecule has 6 heteroatoms. The molecule has 2 rings (SSSR count). The monoisotopic (exact) mass is 274 g/mol. The molecule has 0 radical (unpaired) electrons. The molecule has 0 atom stereocenters. The largest absolute Gasteiger partial charge is 0.478 e. The van der Waals surface area contributed by atoms with Crippen molar-refractivity contribution >= 4 is 5.97 Å². The second-order valence-electron chi connectivity index (χ2n) is 4.27. The fourth-order valence-corrected chi connectivity index (χ4v) is 1.71. The number of carbonyl (C=O) groups is 1. The van der Waals surface area contributed by atoms with E-state index in [2.05, 4.69) is 9.97 Å². The number of benzene rings is 1. The molecule has 0 fully saturated rings. The number of aryl methyl sites for hydroxylation is 2. The van der Waals surface area contributed by atoms with Gasteiger partial charge in [-0.25, -0.2) is 4.79 Å². The van der Waals surface area contributed by atoms with Gasteiger partial charge in [-0.3, -0.25) is 4.79 Å². The molecule has 104 valence electrons. The van der Waals surface area contributed by atoms with E-state index in [1.54, 1.807) is 13.0 Å². The quantitative estimate of drug-likeness (QED) is 0.891. The number of rotatable bonds is 4. The highest BCUT2D eigenvalue weighted by Crippen LogP contribution is 2.23. The molecular formula is C14H14N2O4. The van der Waals surface area contributed by atoms with Crippen molar-refractivity contribution in [1.82, 2.24) is 9.97 Å². The minimum absolute atomic E-state index is 0.183. The van der Waals surface area contributed by atoms with Gasteiger partial charge in [-0.1, -0.05) is 6.92 Å². The molecule has 2 N–H and O–H groups in total. The van der Waals surface area contributed by atoms with Crippen LogP contribution in [0.4, 0.5) is 0 Å². The summed E-state index contributed by atoms with van der Waals surface area (Å²) in [5.74, 6) is 0.196. The molecule has 1 heterocycles. The molecule has 1 aromatic heterocycles. The Morgan fingerprint density at radius 1 is 1.40 bits per heavy atom. The van der Waals surface area contributed by atoms with Crippen LogP contribution in [-0.2, 0) is 6.42 Å². The molecule has 6 nitrogen and oxygen atoms in total. The molecule has 0 saturated carbocycles. The second kappa shape index (κ2) is 5.56. The summed E-state index contributed by atoms with van der Waals surface area (Å²) >= 11 is 0. The van der Waals surface area contributed by atoms with Crippen molar-refractivity contribution in [3.63, 3.8) is 0 Å². The van der Waals surface area contributed by atoms with Crippen LogP contribution in [0.15, 0.2) is 29.1 Å². The third-order valence-corrected chi connectivity index (χ3v) is 2.74. The van der Waals surface area contributed by atoms with Gasteiger partial charge in [0.15, 0.2) is 0 Å². The standard InChI is InChI=1S/C14H14N2O4/c1-3-11-15-12(17)7-13(16-11)20-10-5-4-9(14(18)19)6-8(10)2/h4-7H,3H2,1-2H3,(H,18,19)(H,15,16,17). The number of H-pyrrole nitrogens is 1. The lowest BCUT2D eigenvalue weighted by Gasteiger charge is -2.09. The summed E-state index contributed by atoms with van der Waals surface area (Å²) in [6, 6.07) is 5.75. The first-order valence-corrected chi connectivity index (χ1v) is 6.11. The van der Waals surface area contributed by atoms with E-state index in [-0.39, 0.29) is 17.0 Å². The van der Waals surface area contributed by atoms with Gasteiger partial charge >= 0.3 is 5.97 Å². The lowest BCUT2D eigenvalue weighted by atomic mass is 10.1. The fourth-order valence-electron chi connectivity index (χ4n) is 1.71. The Balaban J connectivity index is 2.32. The van der Waals surface area contributed by atoms with Crippen LogP contribution in [0.2, 0.25) is 0 Å². The highest BCUT2D eigenvalue weighted by molar-refractivity contribution is 5.88. The van der Waals surface area contributed by atoms with Gasteiger partial charge in [0.1, 0.15) is 11.6 Å². The summed E-state index contributed by atoms with van der Waals surface area (Å²) in [7, 11) is 0. The number of aromatic amines is 1. The number of hydrogen-bond donors (Lipinski definition) is 2. The Morgan fingerprint density at radius 2 is 2.15 bits per heavy atom. The summed E-state index contributed by atoms with van der Waals surface area (Å²) in [5, 5.41) is 8.90. The van der Waals surface area contributed by atoms with Crippen molar-refractivity contribution in [2.24, 2.45) is 0 Å². The minimum Gasteiger partial charge on any atom is -0.478 e. The van der Waals surface area contributed by atoms with Crippen LogP contribution in [-0.4, -0.2) is 21.0 Å². The molecule has 0 bridgehead atoms. The number of nitrogens with zero attached hydrogens (tertiary/aromatic N) is 1. The molecule has 2 aromatic rings. The topological polar surface area (TPSA) is 92.3 Å². The first kappa shape index (κ1) is 13.8. The molecule has 0 amide bonds. The molecule has 0 saturated heterocycles. The number of ether oxygens (including phenoxy) is 1. The number of carboxylic acid groups (broad SMARTS) is 1. The lowest BCUT2D eigenvalue weighted by Crippen LogP contribution is -2.10. The van der Waals surface area contributed by atoms with E-state index in [0.717, 1.165) is 0 Å². The second-order valence-corrected chi connectivity index (χ2v) is 4.27. The van der Waals surface area contributed by atoms with Crippen LogP contribution in [0.5, 0.6) is 11.6 Å². The Bertz CT molecular complexity index is 707. The Morgan fingerprint density at radius 3 is 2.75 bits per heavy atom. The van der Waals surface area contributed by atoms with Gasteiger partial charge in [0, 0.05) is 6.42 Å².